The van der Waals surface area contributed by atoms with Gasteiger partial charge in [-0.3, -0.25) is 0 Å². The highest BCUT2D eigenvalue weighted by Gasteiger charge is 1.97. The Labute approximate surface area is 50.1 Å². The monoisotopic (exact) mass is 109 g/mol. The molecule has 0 radical (unpaired) electrons. The third-order valence-corrected chi connectivity index (χ3v) is 1.20. The van der Waals surface area contributed by atoms with Crippen molar-refractivity contribution >= 4 is 0 Å². The minimum atomic E-state index is 0.514. The molecule has 0 unspecified atom stereocenters. The van der Waals surface area contributed by atoms with Gasteiger partial charge in [0, 0.05) is 11.7 Å². The molecule has 1 nitrogen and oxygen atoms in total. The Bertz CT molecular complexity index is 133. The van der Waals surface area contributed by atoms with E-state index >= 15 is 0 Å². The van der Waals surface area contributed by atoms with Gasteiger partial charge >= 0.3 is 0 Å². The van der Waals surface area contributed by atoms with Gasteiger partial charge in [0.1, 0.15) is 0 Å². The van der Waals surface area contributed by atoms with Crippen LogP contribution in [0.4, 0.5) is 0 Å². The van der Waals surface area contributed by atoms with Crippen molar-refractivity contribution in [1.29, 1.82) is 0 Å². The summed E-state index contributed by atoms with van der Waals surface area (Å²) in [6.45, 7) is 4.20. The highest BCUT2D eigenvalue weighted by molar-refractivity contribution is 5.17. The van der Waals surface area contributed by atoms with Crippen molar-refractivity contribution in [3.8, 4) is 0 Å². The molecule has 1 heteroatoms. The number of rotatable bonds is 0. The maximum atomic E-state index is 3.25. The number of nitrogens with one attached hydrogen (secondary N) is 1. The second-order valence-electron chi connectivity index (χ2n) is 2.17. The maximum Gasteiger partial charge on any atom is 0.0416 e. The Morgan fingerprint density at radius 1 is 1.62 bits per heavy atom. The lowest BCUT2D eigenvalue weighted by Crippen LogP contribution is -2.23. The summed E-state index contributed by atoms with van der Waals surface area (Å²) in [6, 6.07) is 0.514. The molecule has 0 aromatic rings. The molecule has 1 aliphatic heterocycles. The fraction of sp³-hybridized carbons (Fsp3) is 0.429. The van der Waals surface area contributed by atoms with Gasteiger partial charge in [-0.25, -0.2) is 0 Å². The van der Waals surface area contributed by atoms with Gasteiger partial charge in [0.2, 0.25) is 0 Å². The molecule has 8 heavy (non-hydrogen) atoms. The average Bonchev–Trinajstić information content (AvgIpc) is 1.64. The lowest BCUT2D eigenvalue weighted by Gasteiger charge is -2.13. The summed E-state index contributed by atoms with van der Waals surface area (Å²) in [6.07, 6.45) is 6.28. The van der Waals surface area contributed by atoms with Gasteiger partial charge in [0.15, 0.2) is 0 Å². The quantitative estimate of drug-likeness (QED) is 0.496. The standard InChI is InChI=1S/C7H11N/c1-6-4-3-5-7(2)8-6/h3-6,8H,1-2H3/t6-/m1/s1. The van der Waals surface area contributed by atoms with Crippen molar-refractivity contribution in [3.05, 3.63) is 23.9 Å². The van der Waals surface area contributed by atoms with Crippen molar-refractivity contribution in [2.24, 2.45) is 0 Å². The third kappa shape index (κ3) is 1.12. The molecule has 0 saturated carbocycles. The molecule has 0 fully saturated rings. The summed E-state index contributed by atoms with van der Waals surface area (Å²) in [5.41, 5.74) is 1.25. The van der Waals surface area contributed by atoms with Crippen LogP contribution in [-0.2, 0) is 0 Å². The van der Waals surface area contributed by atoms with Crippen LogP contribution in [0.5, 0.6) is 0 Å². The van der Waals surface area contributed by atoms with Gasteiger partial charge in [0.25, 0.3) is 0 Å². The fourth-order valence-corrected chi connectivity index (χ4v) is 0.822. The van der Waals surface area contributed by atoms with Crippen LogP contribution in [0.25, 0.3) is 0 Å². The van der Waals surface area contributed by atoms with Crippen LogP contribution in [0.15, 0.2) is 23.9 Å². The van der Waals surface area contributed by atoms with Crippen LogP contribution >= 0.6 is 0 Å². The van der Waals surface area contributed by atoms with Crippen LogP contribution in [0.1, 0.15) is 13.8 Å². The van der Waals surface area contributed by atoms with Crippen LogP contribution in [-0.4, -0.2) is 6.04 Å². The second-order valence-corrected chi connectivity index (χ2v) is 2.17. The van der Waals surface area contributed by atoms with E-state index in [9.17, 15) is 0 Å². The highest BCUT2D eigenvalue weighted by atomic mass is 14.9. The molecular weight excluding hydrogens is 98.1 g/mol. The summed E-state index contributed by atoms with van der Waals surface area (Å²) in [5.74, 6) is 0. The predicted octanol–water partition coefficient (Wildman–Crippen LogP) is 1.44. The van der Waals surface area contributed by atoms with Crippen molar-refractivity contribution in [3.63, 3.8) is 0 Å². The van der Waals surface area contributed by atoms with Crippen molar-refractivity contribution < 1.29 is 0 Å². The molecule has 0 aromatic carbocycles. The molecule has 1 atom stereocenters. The zero-order valence-corrected chi connectivity index (χ0v) is 5.31. The Morgan fingerprint density at radius 2 is 2.38 bits per heavy atom. The zero-order valence-electron chi connectivity index (χ0n) is 5.31. The molecule has 0 amide bonds. The molecule has 1 rings (SSSR count). The Balaban J connectivity index is 2.59. The number of hydrogen-bond acceptors (Lipinski definition) is 1. The van der Waals surface area contributed by atoms with Gasteiger partial charge in [0.05, 0.1) is 0 Å². The first kappa shape index (κ1) is 5.42. The number of hydrogen-bond donors (Lipinski definition) is 1. The largest absolute Gasteiger partial charge is 0.383 e. The van der Waals surface area contributed by atoms with E-state index in [1.54, 1.807) is 0 Å². The van der Waals surface area contributed by atoms with Gasteiger partial charge in [-0.1, -0.05) is 12.2 Å². The molecular formula is C7H11N. The minimum Gasteiger partial charge on any atom is -0.383 e. The number of dihydropyridines is 1. The van der Waals surface area contributed by atoms with Gasteiger partial charge in [-0.15, -0.1) is 0 Å². The van der Waals surface area contributed by atoms with Crippen molar-refractivity contribution in [1.82, 2.24) is 5.32 Å². The molecule has 1 heterocycles. The Morgan fingerprint density at radius 3 is 2.75 bits per heavy atom. The molecule has 0 aromatic heterocycles. The van der Waals surface area contributed by atoms with E-state index in [0.717, 1.165) is 0 Å². The van der Waals surface area contributed by atoms with Crippen molar-refractivity contribution in [2.75, 3.05) is 0 Å². The first-order valence-electron chi connectivity index (χ1n) is 2.90. The topological polar surface area (TPSA) is 12.0 Å². The summed E-state index contributed by atoms with van der Waals surface area (Å²) in [5, 5.41) is 3.25. The van der Waals surface area contributed by atoms with Crippen molar-refractivity contribution in [2.45, 2.75) is 19.9 Å². The molecule has 0 aliphatic carbocycles. The first-order valence-corrected chi connectivity index (χ1v) is 2.90. The third-order valence-electron chi connectivity index (χ3n) is 1.20. The van der Waals surface area contributed by atoms with Gasteiger partial charge in [-0.2, -0.15) is 0 Å². The normalized spacial score (nSPS) is 26.8. The zero-order chi connectivity index (χ0) is 5.98. The van der Waals surface area contributed by atoms with E-state index in [-0.39, 0.29) is 0 Å². The van der Waals surface area contributed by atoms with E-state index in [1.165, 1.54) is 5.70 Å². The summed E-state index contributed by atoms with van der Waals surface area (Å²) in [4.78, 5) is 0. The van der Waals surface area contributed by atoms with E-state index in [1.807, 2.05) is 0 Å². The molecule has 1 N–H and O–H groups in total. The smallest absolute Gasteiger partial charge is 0.0416 e. The van der Waals surface area contributed by atoms with E-state index < -0.39 is 0 Å². The predicted molar refractivity (Wildman–Crippen MR) is 35.5 cm³/mol. The van der Waals surface area contributed by atoms with Gasteiger partial charge < -0.3 is 5.32 Å². The summed E-state index contributed by atoms with van der Waals surface area (Å²) >= 11 is 0. The Kier molecular flexibility index (Phi) is 1.38. The van der Waals surface area contributed by atoms with E-state index in [4.69, 9.17) is 0 Å². The average molecular weight is 109 g/mol. The minimum absolute atomic E-state index is 0.514. The maximum absolute atomic E-state index is 3.25. The lowest BCUT2D eigenvalue weighted by atomic mass is 10.2. The first-order chi connectivity index (χ1) is 3.79. The van der Waals surface area contributed by atoms with Crippen LogP contribution in [0.3, 0.4) is 0 Å². The van der Waals surface area contributed by atoms with Crippen LogP contribution in [0.2, 0.25) is 0 Å². The summed E-state index contributed by atoms with van der Waals surface area (Å²) in [7, 11) is 0. The van der Waals surface area contributed by atoms with Crippen LogP contribution in [0, 0.1) is 0 Å². The van der Waals surface area contributed by atoms with E-state index in [0.29, 0.717) is 6.04 Å². The molecule has 44 valence electrons. The fourth-order valence-electron chi connectivity index (χ4n) is 0.822. The molecule has 0 saturated heterocycles. The molecule has 1 aliphatic rings. The second kappa shape index (κ2) is 2.03. The molecule has 0 bridgehead atoms. The lowest BCUT2D eigenvalue weighted by molar-refractivity contribution is 0.718. The Hall–Kier alpha value is -0.720. The van der Waals surface area contributed by atoms with Gasteiger partial charge in [-0.05, 0) is 19.9 Å². The van der Waals surface area contributed by atoms with Crippen LogP contribution < -0.4 is 5.32 Å². The molecule has 0 spiro atoms. The highest BCUT2D eigenvalue weighted by Crippen LogP contribution is 1.98. The summed E-state index contributed by atoms with van der Waals surface area (Å²) < 4.78 is 0. The van der Waals surface area contributed by atoms with E-state index in [2.05, 4.69) is 37.4 Å². The SMILES string of the molecule is CC1=CC=C[C@@H](C)N1. The number of allylic oxidation sites excluding steroid dienone is 3.